The zero-order chi connectivity index (χ0) is 11.0. The monoisotopic (exact) mass is 266 g/mol. The van der Waals surface area contributed by atoms with Crippen molar-refractivity contribution in [2.75, 3.05) is 0 Å². The number of pyridine rings is 1. The minimum Gasteiger partial charge on any atom is -0.364 e. The summed E-state index contributed by atoms with van der Waals surface area (Å²) in [5.74, 6) is -0.648. The number of para-hydroxylation sites is 1. The maximum Gasteiger partial charge on any atom is 0.265 e. The lowest BCUT2D eigenvalue weighted by molar-refractivity contribution is 0.0996. The number of nitrogens with one attached hydrogen (secondary N) is 1. The van der Waals surface area contributed by atoms with Crippen LogP contribution in [0.25, 0.3) is 10.9 Å². The predicted octanol–water partition coefficient (Wildman–Crippen LogP) is 1.39. The number of aromatic nitrogens is 1. The van der Waals surface area contributed by atoms with E-state index in [0.29, 0.717) is 10.9 Å². The second-order valence-corrected chi connectivity index (χ2v) is 3.93. The van der Waals surface area contributed by atoms with Gasteiger partial charge in [0.25, 0.3) is 5.91 Å². The Morgan fingerprint density at radius 1 is 1.40 bits per heavy atom. The average Bonchev–Trinajstić information content (AvgIpc) is 2.19. The molecule has 0 atom stereocenters. The number of primary amides is 1. The number of H-pyrrole nitrogens is 1. The summed E-state index contributed by atoms with van der Waals surface area (Å²) in [4.78, 5) is 25.4. The first-order chi connectivity index (χ1) is 7.09. The molecule has 0 saturated heterocycles. The highest BCUT2D eigenvalue weighted by atomic mass is 79.9. The summed E-state index contributed by atoms with van der Waals surface area (Å²) in [5.41, 5.74) is 5.57. The molecular formula is C10H7BrN2O2. The Bertz CT molecular complexity index is 604. The SMILES string of the molecule is NC(=O)c1cc(=O)c2cccc(Br)c2[nH]1. The van der Waals surface area contributed by atoms with Crippen LogP contribution in [-0.2, 0) is 0 Å². The molecule has 0 bridgehead atoms. The van der Waals surface area contributed by atoms with Crippen LogP contribution >= 0.6 is 15.9 Å². The molecule has 0 saturated carbocycles. The van der Waals surface area contributed by atoms with E-state index >= 15 is 0 Å². The van der Waals surface area contributed by atoms with E-state index in [4.69, 9.17) is 5.73 Å². The normalized spacial score (nSPS) is 10.5. The van der Waals surface area contributed by atoms with Gasteiger partial charge in [-0.15, -0.1) is 0 Å². The third-order valence-electron chi connectivity index (χ3n) is 2.08. The molecule has 2 rings (SSSR count). The molecule has 0 fully saturated rings. The van der Waals surface area contributed by atoms with Crippen LogP contribution in [0.3, 0.4) is 0 Å². The highest BCUT2D eigenvalue weighted by Crippen LogP contribution is 2.19. The van der Waals surface area contributed by atoms with E-state index in [1.807, 2.05) is 0 Å². The fraction of sp³-hybridized carbons (Fsp3) is 0. The van der Waals surface area contributed by atoms with Crippen LogP contribution in [0, 0.1) is 0 Å². The molecular weight excluding hydrogens is 260 g/mol. The van der Waals surface area contributed by atoms with Crippen molar-refractivity contribution in [1.29, 1.82) is 0 Å². The molecule has 0 aliphatic carbocycles. The Hall–Kier alpha value is -1.62. The summed E-state index contributed by atoms with van der Waals surface area (Å²) < 4.78 is 0.722. The molecule has 76 valence electrons. The number of carbonyl (C=O) groups excluding carboxylic acids is 1. The first kappa shape index (κ1) is 9.92. The molecule has 5 heteroatoms. The van der Waals surface area contributed by atoms with Crippen LogP contribution < -0.4 is 11.2 Å². The topological polar surface area (TPSA) is 76.0 Å². The molecule has 1 amide bonds. The van der Waals surface area contributed by atoms with E-state index in [-0.39, 0.29) is 11.1 Å². The van der Waals surface area contributed by atoms with E-state index < -0.39 is 5.91 Å². The second kappa shape index (κ2) is 3.51. The summed E-state index contributed by atoms with van der Waals surface area (Å²) in [6, 6.07) is 6.43. The van der Waals surface area contributed by atoms with Gasteiger partial charge in [0.1, 0.15) is 5.69 Å². The Morgan fingerprint density at radius 3 is 2.80 bits per heavy atom. The van der Waals surface area contributed by atoms with Crippen molar-refractivity contribution < 1.29 is 4.79 Å². The maximum atomic E-state index is 11.6. The maximum absolute atomic E-state index is 11.6. The molecule has 1 aromatic heterocycles. The highest BCUT2D eigenvalue weighted by Gasteiger charge is 2.07. The second-order valence-electron chi connectivity index (χ2n) is 3.07. The zero-order valence-electron chi connectivity index (χ0n) is 7.58. The third kappa shape index (κ3) is 1.66. The summed E-state index contributed by atoms with van der Waals surface area (Å²) >= 11 is 3.29. The molecule has 0 aliphatic rings. The smallest absolute Gasteiger partial charge is 0.265 e. The van der Waals surface area contributed by atoms with Gasteiger partial charge in [-0.1, -0.05) is 6.07 Å². The number of carbonyl (C=O) groups is 1. The first-order valence-electron chi connectivity index (χ1n) is 4.21. The van der Waals surface area contributed by atoms with Crippen LogP contribution in [0.5, 0.6) is 0 Å². The van der Waals surface area contributed by atoms with Crippen LogP contribution in [0.15, 0.2) is 33.5 Å². The molecule has 1 heterocycles. The van der Waals surface area contributed by atoms with E-state index in [1.165, 1.54) is 6.07 Å². The van der Waals surface area contributed by atoms with Crippen molar-refractivity contribution in [3.05, 3.63) is 44.7 Å². The molecule has 0 spiro atoms. The minimum atomic E-state index is -0.648. The Kier molecular flexibility index (Phi) is 2.32. The predicted molar refractivity (Wildman–Crippen MR) is 60.8 cm³/mol. The number of halogens is 1. The van der Waals surface area contributed by atoms with Crippen molar-refractivity contribution in [1.82, 2.24) is 4.98 Å². The fourth-order valence-electron chi connectivity index (χ4n) is 1.37. The molecule has 2 aromatic rings. The van der Waals surface area contributed by atoms with E-state index in [0.717, 1.165) is 4.47 Å². The van der Waals surface area contributed by atoms with E-state index in [1.54, 1.807) is 18.2 Å². The molecule has 0 aliphatic heterocycles. The number of benzene rings is 1. The van der Waals surface area contributed by atoms with Gasteiger partial charge in [-0.2, -0.15) is 0 Å². The fourth-order valence-corrected chi connectivity index (χ4v) is 1.83. The summed E-state index contributed by atoms with van der Waals surface area (Å²) in [5, 5.41) is 0.523. The Morgan fingerprint density at radius 2 is 2.13 bits per heavy atom. The van der Waals surface area contributed by atoms with Crippen molar-refractivity contribution in [2.24, 2.45) is 5.73 Å². The number of hydrogen-bond donors (Lipinski definition) is 2. The van der Waals surface area contributed by atoms with Gasteiger partial charge in [-0.25, -0.2) is 0 Å². The summed E-state index contributed by atoms with van der Waals surface area (Å²) in [7, 11) is 0. The van der Waals surface area contributed by atoms with Gasteiger partial charge in [0.2, 0.25) is 0 Å². The van der Waals surface area contributed by atoms with E-state index in [9.17, 15) is 9.59 Å². The standard InChI is InChI=1S/C10H7BrN2O2/c11-6-3-1-2-5-8(14)4-7(10(12)15)13-9(5)6/h1-4H,(H2,12,15)(H,13,14). The van der Waals surface area contributed by atoms with Gasteiger partial charge >= 0.3 is 0 Å². The number of rotatable bonds is 1. The first-order valence-corrected chi connectivity index (χ1v) is 5.00. The third-order valence-corrected chi connectivity index (χ3v) is 2.74. The summed E-state index contributed by atoms with van der Waals surface area (Å²) in [6.45, 7) is 0. The molecule has 1 aromatic carbocycles. The summed E-state index contributed by atoms with van der Waals surface area (Å²) in [6.07, 6.45) is 0. The van der Waals surface area contributed by atoms with Gasteiger partial charge in [-0.3, -0.25) is 9.59 Å². The lowest BCUT2D eigenvalue weighted by atomic mass is 10.2. The van der Waals surface area contributed by atoms with Crippen LogP contribution in [0.4, 0.5) is 0 Å². The largest absolute Gasteiger partial charge is 0.364 e. The Balaban J connectivity index is 2.92. The van der Waals surface area contributed by atoms with Crippen LogP contribution in [-0.4, -0.2) is 10.9 Å². The number of aromatic amines is 1. The van der Waals surface area contributed by atoms with Gasteiger partial charge < -0.3 is 10.7 Å². The van der Waals surface area contributed by atoms with Crippen molar-refractivity contribution in [2.45, 2.75) is 0 Å². The van der Waals surface area contributed by atoms with Gasteiger partial charge in [0.05, 0.1) is 5.52 Å². The number of nitrogens with two attached hydrogens (primary N) is 1. The minimum absolute atomic E-state index is 0.111. The van der Waals surface area contributed by atoms with Crippen molar-refractivity contribution in [3.8, 4) is 0 Å². The lowest BCUT2D eigenvalue weighted by Gasteiger charge is -2.02. The van der Waals surface area contributed by atoms with Gasteiger partial charge in [0.15, 0.2) is 5.43 Å². The molecule has 3 N–H and O–H groups in total. The van der Waals surface area contributed by atoms with Crippen molar-refractivity contribution in [3.63, 3.8) is 0 Å². The number of hydrogen-bond acceptors (Lipinski definition) is 2. The molecule has 0 unspecified atom stereocenters. The van der Waals surface area contributed by atoms with Crippen molar-refractivity contribution >= 4 is 32.7 Å². The van der Waals surface area contributed by atoms with Crippen LogP contribution in [0.1, 0.15) is 10.5 Å². The molecule has 4 nitrogen and oxygen atoms in total. The molecule has 15 heavy (non-hydrogen) atoms. The van der Waals surface area contributed by atoms with Crippen LogP contribution in [0.2, 0.25) is 0 Å². The Labute approximate surface area is 93.2 Å². The highest BCUT2D eigenvalue weighted by molar-refractivity contribution is 9.10. The quantitative estimate of drug-likeness (QED) is 0.819. The molecule has 0 radical (unpaired) electrons. The number of amides is 1. The lowest BCUT2D eigenvalue weighted by Crippen LogP contribution is -2.16. The van der Waals surface area contributed by atoms with E-state index in [2.05, 4.69) is 20.9 Å². The average molecular weight is 267 g/mol. The zero-order valence-corrected chi connectivity index (χ0v) is 9.17. The van der Waals surface area contributed by atoms with Gasteiger partial charge in [-0.05, 0) is 28.1 Å². The number of fused-ring (bicyclic) bond motifs is 1. The van der Waals surface area contributed by atoms with Gasteiger partial charge in [0, 0.05) is 15.9 Å².